The van der Waals surface area contributed by atoms with Crippen LogP contribution >= 0.6 is 0 Å². The molecule has 1 aliphatic heterocycles. The molecule has 1 aliphatic carbocycles. The molecule has 2 N–H and O–H groups in total. The van der Waals surface area contributed by atoms with Crippen LogP contribution in [0.4, 0.5) is 0 Å². The molecule has 2 nitrogen and oxygen atoms in total. The third-order valence-electron chi connectivity index (χ3n) is 4.23. The van der Waals surface area contributed by atoms with Crippen molar-refractivity contribution in [3.8, 4) is 0 Å². The number of benzene rings is 1. The predicted octanol–water partition coefficient (Wildman–Crippen LogP) is 2.65. The highest BCUT2D eigenvalue weighted by molar-refractivity contribution is 5.32. The molecule has 1 heterocycles. The molecule has 98 valence electrons. The summed E-state index contributed by atoms with van der Waals surface area (Å²) in [5, 5.41) is 7.24. The van der Waals surface area contributed by atoms with E-state index in [-0.39, 0.29) is 0 Å². The summed E-state index contributed by atoms with van der Waals surface area (Å²) in [5.74, 6) is 1.07. The van der Waals surface area contributed by atoms with Crippen LogP contribution in [0.25, 0.3) is 0 Å². The maximum atomic E-state index is 3.62. The van der Waals surface area contributed by atoms with Gasteiger partial charge in [-0.1, -0.05) is 37.1 Å². The monoisotopic (exact) mass is 244 g/mol. The first-order valence-corrected chi connectivity index (χ1v) is 7.45. The van der Waals surface area contributed by atoms with E-state index in [1.807, 2.05) is 0 Å². The second-order valence-corrected chi connectivity index (χ2v) is 5.75. The fourth-order valence-electron chi connectivity index (χ4n) is 2.94. The molecule has 0 spiro atoms. The Morgan fingerprint density at radius 2 is 2.11 bits per heavy atom. The van der Waals surface area contributed by atoms with Crippen molar-refractivity contribution < 1.29 is 0 Å². The summed E-state index contributed by atoms with van der Waals surface area (Å²) in [6.45, 7) is 3.37. The smallest absolute Gasteiger partial charge is 0.0449 e. The highest BCUT2D eigenvalue weighted by Crippen LogP contribution is 2.33. The average Bonchev–Trinajstić information content (AvgIpc) is 3.23. The van der Waals surface area contributed by atoms with E-state index >= 15 is 0 Å². The molecule has 0 amide bonds. The first-order chi connectivity index (χ1) is 8.93. The van der Waals surface area contributed by atoms with Crippen LogP contribution in [0.2, 0.25) is 0 Å². The molecule has 2 heteroatoms. The van der Waals surface area contributed by atoms with E-state index in [2.05, 4.69) is 34.9 Å². The topological polar surface area (TPSA) is 24.1 Å². The van der Waals surface area contributed by atoms with Gasteiger partial charge in [0.2, 0.25) is 0 Å². The van der Waals surface area contributed by atoms with Gasteiger partial charge in [-0.3, -0.25) is 0 Å². The summed E-state index contributed by atoms with van der Waals surface area (Å²) in [6, 6.07) is 9.38. The van der Waals surface area contributed by atoms with Crippen LogP contribution < -0.4 is 10.6 Å². The molecule has 0 aromatic heterocycles. The van der Waals surface area contributed by atoms with Gasteiger partial charge >= 0.3 is 0 Å². The van der Waals surface area contributed by atoms with E-state index in [9.17, 15) is 0 Å². The van der Waals surface area contributed by atoms with Gasteiger partial charge in [-0.05, 0) is 49.4 Å². The summed E-state index contributed by atoms with van der Waals surface area (Å²) in [5.41, 5.74) is 3.03. The zero-order valence-electron chi connectivity index (χ0n) is 11.1. The van der Waals surface area contributed by atoms with Crippen LogP contribution in [0, 0.1) is 5.92 Å². The van der Waals surface area contributed by atoms with E-state index < -0.39 is 0 Å². The Bertz CT molecular complexity index is 384. The van der Waals surface area contributed by atoms with Crippen LogP contribution in [0.5, 0.6) is 0 Å². The van der Waals surface area contributed by atoms with Crippen molar-refractivity contribution in [1.82, 2.24) is 10.6 Å². The zero-order chi connectivity index (χ0) is 12.2. The van der Waals surface area contributed by atoms with Crippen molar-refractivity contribution in [3.63, 3.8) is 0 Å². The predicted molar refractivity (Wildman–Crippen MR) is 75.7 cm³/mol. The van der Waals surface area contributed by atoms with Crippen LogP contribution in [-0.2, 0) is 6.42 Å². The third-order valence-corrected chi connectivity index (χ3v) is 4.23. The summed E-state index contributed by atoms with van der Waals surface area (Å²) in [4.78, 5) is 0. The molecule has 3 rings (SSSR count). The van der Waals surface area contributed by atoms with Gasteiger partial charge in [0, 0.05) is 12.6 Å². The van der Waals surface area contributed by atoms with Gasteiger partial charge < -0.3 is 10.6 Å². The van der Waals surface area contributed by atoms with Crippen molar-refractivity contribution in [2.75, 3.05) is 19.6 Å². The van der Waals surface area contributed by atoms with E-state index in [4.69, 9.17) is 0 Å². The van der Waals surface area contributed by atoms with Crippen molar-refractivity contribution >= 4 is 0 Å². The minimum Gasteiger partial charge on any atom is -0.315 e. The van der Waals surface area contributed by atoms with Gasteiger partial charge in [-0.25, -0.2) is 0 Å². The molecular formula is C16H24N2. The Morgan fingerprint density at radius 1 is 1.22 bits per heavy atom. The number of hydrogen-bond acceptors (Lipinski definition) is 2. The van der Waals surface area contributed by atoms with Gasteiger partial charge in [0.25, 0.3) is 0 Å². The molecule has 0 radical (unpaired) electrons. The van der Waals surface area contributed by atoms with Crippen molar-refractivity contribution in [2.24, 2.45) is 5.92 Å². The van der Waals surface area contributed by atoms with Gasteiger partial charge in [-0.2, -0.15) is 0 Å². The quantitative estimate of drug-likeness (QED) is 0.752. The number of fused-ring (bicyclic) bond motifs is 1. The molecule has 1 unspecified atom stereocenters. The first-order valence-electron chi connectivity index (χ1n) is 7.45. The molecule has 1 aromatic rings. The van der Waals surface area contributed by atoms with Gasteiger partial charge in [0.05, 0.1) is 0 Å². The van der Waals surface area contributed by atoms with Crippen molar-refractivity contribution in [3.05, 3.63) is 35.4 Å². The lowest BCUT2D eigenvalue weighted by molar-refractivity contribution is 0.461. The lowest BCUT2D eigenvalue weighted by Crippen LogP contribution is -2.37. The van der Waals surface area contributed by atoms with E-state index in [1.54, 1.807) is 0 Å². The summed E-state index contributed by atoms with van der Waals surface area (Å²) < 4.78 is 0. The normalized spacial score (nSPS) is 22.8. The SMILES string of the molecule is c1ccc2c(c1)CCNC2CNCCCC1CC1. The van der Waals surface area contributed by atoms with E-state index in [1.165, 1.54) is 49.8 Å². The largest absolute Gasteiger partial charge is 0.315 e. The van der Waals surface area contributed by atoms with Crippen LogP contribution in [0.15, 0.2) is 24.3 Å². The summed E-state index contributed by atoms with van der Waals surface area (Å²) >= 11 is 0. The minimum absolute atomic E-state index is 0.510. The maximum absolute atomic E-state index is 3.62. The zero-order valence-corrected chi connectivity index (χ0v) is 11.1. The van der Waals surface area contributed by atoms with Gasteiger partial charge in [0.15, 0.2) is 0 Å². The number of nitrogens with one attached hydrogen (secondary N) is 2. The highest BCUT2D eigenvalue weighted by Gasteiger charge is 2.20. The third kappa shape index (κ3) is 3.12. The molecule has 18 heavy (non-hydrogen) atoms. The van der Waals surface area contributed by atoms with Gasteiger partial charge in [0.1, 0.15) is 0 Å². The van der Waals surface area contributed by atoms with Crippen molar-refractivity contribution in [1.29, 1.82) is 0 Å². The fraction of sp³-hybridized carbons (Fsp3) is 0.625. The van der Waals surface area contributed by atoms with Crippen LogP contribution in [-0.4, -0.2) is 19.6 Å². The number of hydrogen-bond donors (Lipinski definition) is 2. The Hall–Kier alpha value is -0.860. The van der Waals surface area contributed by atoms with Crippen LogP contribution in [0.1, 0.15) is 42.9 Å². The molecule has 1 fully saturated rings. The molecule has 0 bridgehead atoms. The van der Waals surface area contributed by atoms with Crippen LogP contribution in [0.3, 0.4) is 0 Å². The Kier molecular flexibility index (Phi) is 3.96. The first kappa shape index (κ1) is 12.2. The molecular weight excluding hydrogens is 220 g/mol. The van der Waals surface area contributed by atoms with E-state index in [0.717, 1.165) is 19.0 Å². The minimum atomic E-state index is 0.510. The standard InChI is InChI=1S/C16H24N2/c1-2-6-15-14(5-1)9-11-18-16(15)12-17-10-3-4-13-7-8-13/h1-2,5-6,13,16-18H,3-4,7-12H2. The maximum Gasteiger partial charge on any atom is 0.0449 e. The van der Waals surface area contributed by atoms with E-state index in [0.29, 0.717) is 6.04 Å². The summed E-state index contributed by atoms with van der Waals surface area (Å²) in [6.07, 6.45) is 6.92. The summed E-state index contributed by atoms with van der Waals surface area (Å²) in [7, 11) is 0. The lowest BCUT2D eigenvalue weighted by atomic mass is 9.94. The number of rotatable bonds is 6. The molecule has 1 aromatic carbocycles. The fourth-order valence-corrected chi connectivity index (χ4v) is 2.94. The highest BCUT2D eigenvalue weighted by atomic mass is 15.0. The molecule has 1 atom stereocenters. The Balaban J connectivity index is 1.44. The van der Waals surface area contributed by atoms with Crippen molar-refractivity contribution in [2.45, 2.75) is 38.1 Å². The second kappa shape index (κ2) is 5.85. The molecule has 2 aliphatic rings. The average molecular weight is 244 g/mol. The molecule has 1 saturated carbocycles. The Labute approximate surface area is 110 Å². The van der Waals surface area contributed by atoms with Gasteiger partial charge in [-0.15, -0.1) is 0 Å². The lowest BCUT2D eigenvalue weighted by Gasteiger charge is -2.27. The second-order valence-electron chi connectivity index (χ2n) is 5.75. The Morgan fingerprint density at radius 3 is 3.00 bits per heavy atom. The molecule has 0 saturated heterocycles.